The van der Waals surface area contributed by atoms with Gasteiger partial charge in [0.1, 0.15) is 11.3 Å². The third kappa shape index (κ3) is 2.97. The van der Waals surface area contributed by atoms with Crippen LogP contribution in [0.25, 0.3) is 11.1 Å². The molecule has 1 saturated heterocycles. The summed E-state index contributed by atoms with van der Waals surface area (Å²) in [7, 11) is 0. The third-order valence-corrected chi connectivity index (χ3v) is 4.77. The Hall–Kier alpha value is -1.53. The van der Waals surface area contributed by atoms with Crippen LogP contribution in [0.1, 0.15) is 31.1 Å². The normalized spacial score (nSPS) is 21.6. The molecule has 1 unspecified atom stereocenters. The lowest BCUT2D eigenvalue weighted by molar-refractivity contribution is 0.438. The monoisotopic (exact) mass is 337 g/mol. The zero-order valence-electron chi connectivity index (χ0n) is 13.5. The molecular weight excluding hydrogens is 314 g/mol. The molecule has 23 heavy (non-hydrogen) atoms. The lowest BCUT2D eigenvalue weighted by Gasteiger charge is -2.21. The first kappa shape index (κ1) is 16.3. The van der Waals surface area contributed by atoms with Gasteiger partial charge in [-0.3, -0.25) is 0 Å². The van der Waals surface area contributed by atoms with Crippen LogP contribution in [0.5, 0.6) is 0 Å². The number of hydrogen-bond acceptors (Lipinski definition) is 6. The van der Waals surface area contributed by atoms with Gasteiger partial charge in [0.15, 0.2) is 11.4 Å². The van der Waals surface area contributed by atoms with E-state index in [0.29, 0.717) is 11.9 Å². The quantitative estimate of drug-likeness (QED) is 0.830. The second-order valence-corrected chi connectivity index (χ2v) is 6.53. The predicted molar refractivity (Wildman–Crippen MR) is 94.4 cm³/mol. The number of nitrogens with two attached hydrogens (primary N) is 1. The number of fused-ring (bicyclic) bond motifs is 3. The summed E-state index contributed by atoms with van der Waals surface area (Å²) in [6.45, 7) is 6.19. The summed E-state index contributed by atoms with van der Waals surface area (Å²) in [5.41, 5.74) is 9.00. The molecule has 0 radical (unpaired) electrons. The van der Waals surface area contributed by atoms with Crippen molar-refractivity contribution < 1.29 is 4.42 Å². The van der Waals surface area contributed by atoms with Gasteiger partial charge in [-0.2, -0.15) is 4.98 Å². The van der Waals surface area contributed by atoms with E-state index < -0.39 is 0 Å². The third-order valence-electron chi connectivity index (χ3n) is 4.77. The largest absolute Gasteiger partial charge is 0.455 e. The van der Waals surface area contributed by atoms with Crippen LogP contribution in [0.2, 0.25) is 0 Å². The molecule has 7 heteroatoms. The maximum Gasteiger partial charge on any atom is 0.222 e. The molecule has 3 heterocycles. The molecule has 0 saturated carbocycles. The Balaban J connectivity index is 0.00000156. The number of furan rings is 1. The Morgan fingerprint density at radius 3 is 3.00 bits per heavy atom. The number of nitrogen functional groups attached to an aromatic ring is 1. The SMILES string of the molecule is CC1CCc2oc3c(N4CCCNCC4)nc(N)nc3c2C1.Cl. The molecule has 1 atom stereocenters. The summed E-state index contributed by atoms with van der Waals surface area (Å²) in [6, 6.07) is 0. The van der Waals surface area contributed by atoms with Crippen molar-refractivity contribution in [1.29, 1.82) is 0 Å². The molecule has 6 nitrogen and oxygen atoms in total. The van der Waals surface area contributed by atoms with Crippen molar-refractivity contribution in [3.63, 3.8) is 0 Å². The Morgan fingerprint density at radius 2 is 2.13 bits per heavy atom. The Labute approximate surface area is 142 Å². The van der Waals surface area contributed by atoms with Gasteiger partial charge in [0.2, 0.25) is 5.95 Å². The topological polar surface area (TPSA) is 80.2 Å². The van der Waals surface area contributed by atoms with Gasteiger partial charge in [-0.15, -0.1) is 12.4 Å². The summed E-state index contributed by atoms with van der Waals surface area (Å²) in [5.74, 6) is 2.98. The fourth-order valence-corrected chi connectivity index (χ4v) is 3.58. The molecule has 126 valence electrons. The highest BCUT2D eigenvalue weighted by Gasteiger charge is 2.27. The minimum Gasteiger partial charge on any atom is -0.455 e. The van der Waals surface area contributed by atoms with Crippen LogP contribution in [0.3, 0.4) is 0 Å². The lowest BCUT2D eigenvalue weighted by atomic mass is 9.89. The maximum atomic E-state index is 6.18. The van der Waals surface area contributed by atoms with Crippen molar-refractivity contribution in [3.05, 3.63) is 11.3 Å². The van der Waals surface area contributed by atoms with E-state index in [9.17, 15) is 0 Å². The van der Waals surface area contributed by atoms with Gasteiger partial charge in [-0.05, 0) is 31.7 Å². The minimum atomic E-state index is 0. The van der Waals surface area contributed by atoms with E-state index in [1.807, 2.05) is 0 Å². The fourth-order valence-electron chi connectivity index (χ4n) is 3.58. The number of nitrogens with zero attached hydrogens (tertiary/aromatic N) is 3. The molecule has 0 bridgehead atoms. The van der Waals surface area contributed by atoms with E-state index >= 15 is 0 Å². The zero-order chi connectivity index (χ0) is 15.1. The first-order valence-electron chi connectivity index (χ1n) is 8.26. The van der Waals surface area contributed by atoms with Crippen molar-refractivity contribution in [1.82, 2.24) is 15.3 Å². The second kappa shape index (κ2) is 6.53. The molecule has 1 fully saturated rings. The Morgan fingerprint density at radius 1 is 1.26 bits per heavy atom. The number of halogens is 1. The smallest absolute Gasteiger partial charge is 0.222 e. The van der Waals surface area contributed by atoms with E-state index in [1.54, 1.807) is 0 Å². The first-order valence-corrected chi connectivity index (χ1v) is 8.26. The average Bonchev–Trinajstić information content (AvgIpc) is 2.70. The lowest BCUT2D eigenvalue weighted by Crippen LogP contribution is -2.29. The van der Waals surface area contributed by atoms with Crippen LogP contribution in [0.15, 0.2) is 4.42 Å². The second-order valence-electron chi connectivity index (χ2n) is 6.53. The number of hydrogen-bond donors (Lipinski definition) is 2. The van der Waals surface area contributed by atoms with Crippen molar-refractivity contribution >= 4 is 35.3 Å². The van der Waals surface area contributed by atoms with Crippen molar-refractivity contribution in [2.75, 3.05) is 36.8 Å². The predicted octanol–water partition coefficient (Wildman–Crippen LogP) is 2.15. The van der Waals surface area contributed by atoms with Crippen LogP contribution in [0.4, 0.5) is 11.8 Å². The van der Waals surface area contributed by atoms with Gasteiger partial charge >= 0.3 is 0 Å². The zero-order valence-corrected chi connectivity index (χ0v) is 14.3. The number of anilines is 2. The van der Waals surface area contributed by atoms with Crippen LogP contribution in [-0.2, 0) is 12.8 Å². The van der Waals surface area contributed by atoms with Gasteiger partial charge in [0.25, 0.3) is 0 Å². The summed E-state index contributed by atoms with van der Waals surface area (Å²) < 4.78 is 6.18. The number of aromatic nitrogens is 2. The number of nitrogens with one attached hydrogen (secondary N) is 1. The van der Waals surface area contributed by atoms with Crippen molar-refractivity contribution in [2.24, 2.45) is 5.92 Å². The summed E-state index contributed by atoms with van der Waals surface area (Å²) in [4.78, 5) is 11.3. The molecule has 2 aliphatic rings. The first-order chi connectivity index (χ1) is 10.7. The molecule has 3 N–H and O–H groups in total. The van der Waals surface area contributed by atoms with E-state index in [0.717, 1.165) is 68.1 Å². The highest BCUT2D eigenvalue weighted by Crippen LogP contribution is 2.37. The molecule has 0 amide bonds. The highest BCUT2D eigenvalue weighted by atomic mass is 35.5. The molecule has 2 aromatic rings. The summed E-state index contributed by atoms with van der Waals surface area (Å²) in [6.07, 6.45) is 4.30. The number of rotatable bonds is 1. The molecule has 0 aromatic carbocycles. The van der Waals surface area contributed by atoms with Gasteiger partial charge in [-0.25, -0.2) is 4.98 Å². The van der Waals surface area contributed by atoms with Crippen molar-refractivity contribution in [2.45, 2.75) is 32.6 Å². The van der Waals surface area contributed by atoms with E-state index in [-0.39, 0.29) is 12.4 Å². The fraction of sp³-hybridized carbons (Fsp3) is 0.625. The van der Waals surface area contributed by atoms with Crippen molar-refractivity contribution in [3.8, 4) is 0 Å². The van der Waals surface area contributed by atoms with Gasteiger partial charge in [0.05, 0.1) is 0 Å². The molecule has 1 aliphatic heterocycles. The minimum absolute atomic E-state index is 0. The van der Waals surface area contributed by atoms with E-state index in [1.165, 1.54) is 12.0 Å². The molecule has 2 aromatic heterocycles. The molecular formula is C16H24ClN5O. The Kier molecular flexibility index (Phi) is 4.64. The molecule has 1 aliphatic carbocycles. The highest BCUT2D eigenvalue weighted by molar-refractivity contribution is 5.89. The van der Waals surface area contributed by atoms with Crippen LogP contribution >= 0.6 is 12.4 Å². The maximum absolute atomic E-state index is 6.18. The summed E-state index contributed by atoms with van der Waals surface area (Å²) >= 11 is 0. The van der Waals surface area contributed by atoms with E-state index in [2.05, 4.69) is 27.1 Å². The molecule has 0 spiro atoms. The van der Waals surface area contributed by atoms with Crippen LogP contribution in [-0.4, -0.2) is 36.1 Å². The number of aryl methyl sites for hydroxylation is 1. The standard InChI is InChI=1S/C16H23N5O.ClH/c1-10-3-4-12-11(9-10)13-14(22-12)15(20-16(17)19-13)21-7-2-5-18-6-8-21;/h10,18H,2-9H2,1H3,(H2,17,19,20);1H. The van der Waals surface area contributed by atoms with E-state index in [4.69, 9.17) is 10.2 Å². The van der Waals surface area contributed by atoms with Gasteiger partial charge in [0, 0.05) is 31.6 Å². The Bertz CT molecular complexity index is 693. The summed E-state index contributed by atoms with van der Waals surface area (Å²) in [5, 5.41) is 3.42. The average molecular weight is 338 g/mol. The molecule has 4 rings (SSSR count). The van der Waals surface area contributed by atoms with Gasteiger partial charge in [-0.1, -0.05) is 6.92 Å². The van der Waals surface area contributed by atoms with Crippen LogP contribution < -0.4 is 16.0 Å². The van der Waals surface area contributed by atoms with Gasteiger partial charge < -0.3 is 20.4 Å². The van der Waals surface area contributed by atoms with Crippen LogP contribution in [0, 0.1) is 5.92 Å².